The van der Waals surface area contributed by atoms with Crippen LogP contribution >= 0.6 is 11.3 Å². The topological polar surface area (TPSA) is 136 Å². The predicted octanol–water partition coefficient (Wildman–Crippen LogP) is 3.92. The molecule has 4 rings (SSSR count). The molecule has 0 unspecified atom stereocenters. The first-order chi connectivity index (χ1) is 17.8. The lowest BCUT2D eigenvalue weighted by Crippen LogP contribution is -2.13. The number of para-hydroxylation sites is 1. The Bertz CT molecular complexity index is 1620. The van der Waals surface area contributed by atoms with E-state index in [1.165, 1.54) is 13.0 Å². The summed E-state index contributed by atoms with van der Waals surface area (Å²) in [4.78, 5) is 12.8. The summed E-state index contributed by atoms with van der Waals surface area (Å²) in [6, 6.07) is 16.9. The van der Waals surface area contributed by atoms with Crippen molar-refractivity contribution in [3.63, 3.8) is 0 Å². The zero-order valence-corrected chi connectivity index (χ0v) is 21.7. The Hall–Kier alpha value is -4.21. The molecule has 10 nitrogen and oxygen atoms in total. The third-order valence-electron chi connectivity index (χ3n) is 5.40. The van der Waals surface area contributed by atoms with Crippen LogP contribution in [-0.2, 0) is 21.2 Å². The van der Waals surface area contributed by atoms with Crippen molar-refractivity contribution in [3.8, 4) is 17.6 Å². The van der Waals surface area contributed by atoms with Crippen molar-refractivity contribution in [2.75, 3.05) is 24.8 Å². The van der Waals surface area contributed by atoms with E-state index in [0.717, 1.165) is 22.2 Å². The molecule has 0 saturated heterocycles. The van der Waals surface area contributed by atoms with Crippen molar-refractivity contribution in [1.29, 1.82) is 5.26 Å². The number of nitriles is 1. The molecule has 2 aromatic heterocycles. The fourth-order valence-electron chi connectivity index (χ4n) is 3.51. The summed E-state index contributed by atoms with van der Waals surface area (Å²) in [5.41, 5.74) is 1.43. The number of hydrogen-bond donors (Lipinski definition) is 1. The number of rotatable bonds is 10. The van der Waals surface area contributed by atoms with Crippen LogP contribution in [-0.4, -0.2) is 48.6 Å². The lowest BCUT2D eigenvalue weighted by atomic mass is 10.1. The summed E-state index contributed by atoms with van der Waals surface area (Å²) < 4.78 is 36.8. The number of ether oxygens (including phenoxy) is 2. The zero-order chi connectivity index (χ0) is 26.4. The Morgan fingerprint density at radius 3 is 2.73 bits per heavy atom. The van der Waals surface area contributed by atoms with Gasteiger partial charge in [0.15, 0.2) is 0 Å². The largest absolute Gasteiger partial charge is 0.497 e. The van der Waals surface area contributed by atoms with E-state index >= 15 is 0 Å². The van der Waals surface area contributed by atoms with Crippen molar-refractivity contribution in [2.24, 2.45) is 0 Å². The fraction of sp³-hybridized carbons (Fsp3) is 0.200. The molecule has 0 aliphatic rings. The Balaban J connectivity index is 1.53. The minimum Gasteiger partial charge on any atom is -0.497 e. The second-order valence-corrected chi connectivity index (χ2v) is 11.2. The molecule has 0 atom stereocenters. The van der Waals surface area contributed by atoms with Crippen molar-refractivity contribution < 1.29 is 22.7 Å². The van der Waals surface area contributed by atoms with E-state index in [1.54, 1.807) is 13.2 Å². The van der Waals surface area contributed by atoms with E-state index in [-0.39, 0.29) is 20.8 Å². The first-order valence-electron chi connectivity index (χ1n) is 11.2. The molecule has 12 heteroatoms. The van der Waals surface area contributed by atoms with Gasteiger partial charge in [0.2, 0.25) is 19.3 Å². The highest BCUT2D eigenvalue weighted by molar-refractivity contribution is 7.93. The number of methoxy groups -OCH3 is 1. The SMILES string of the molecule is CCS(=O)(=O)c1nnc(NC(=O)C(C#N)=Cc2cn(CCOc3cccc(OC)c3)c3ccccc23)s1. The molecule has 1 N–H and O–H groups in total. The number of amides is 1. The number of fused-ring (bicyclic) bond motifs is 1. The summed E-state index contributed by atoms with van der Waals surface area (Å²) in [6.07, 6.45) is 3.34. The van der Waals surface area contributed by atoms with Gasteiger partial charge in [-0.3, -0.25) is 10.1 Å². The molecule has 0 aliphatic carbocycles. The summed E-state index contributed by atoms with van der Waals surface area (Å²) in [6.45, 7) is 2.41. The van der Waals surface area contributed by atoms with Gasteiger partial charge in [0, 0.05) is 28.7 Å². The smallest absolute Gasteiger partial charge is 0.268 e. The van der Waals surface area contributed by atoms with Crippen LogP contribution in [0.2, 0.25) is 0 Å². The zero-order valence-electron chi connectivity index (χ0n) is 20.0. The fourth-order valence-corrected chi connectivity index (χ4v) is 5.49. The number of nitrogens with one attached hydrogen (secondary N) is 1. The minimum atomic E-state index is -3.54. The van der Waals surface area contributed by atoms with Gasteiger partial charge in [0.1, 0.15) is 29.7 Å². The quantitative estimate of drug-likeness (QED) is 0.183. The number of nitrogens with zero attached hydrogens (tertiary/aromatic N) is 4. The summed E-state index contributed by atoms with van der Waals surface area (Å²) >= 11 is 0.738. The lowest BCUT2D eigenvalue weighted by molar-refractivity contribution is -0.112. The van der Waals surface area contributed by atoms with Crippen LogP contribution in [0.15, 0.2) is 64.6 Å². The summed E-state index contributed by atoms with van der Waals surface area (Å²) in [5, 5.41) is 20.3. The molecule has 0 spiro atoms. The maximum atomic E-state index is 12.8. The first kappa shape index (κ1) is 25.9. The van der Waals surface area contributed by atoms with Gasteiger partial charge in [0.05, 0.1) is 19.4 Å². The Labute approximate surface area is 217 Å². The molecule has 0 bridgehead atoms. The average molecular weight is 538 g/mol. The number of sulfone groups is 1. The van der Waals surface area contributed by atoms with Gasteiger partial charge in [-0.15, -0.1) is 10.2 Å². The molecule has 2 heterocycles. The Morgan fingerprint density at radius 2 is 1.97 bits per heavy atom. The van der Waals surface area contributed by atoms with Crippen LogP contribution < -0.4 is 14.8 Å². The number of benzene rings is 2. The second kappa shape index (κ2) is 11.2. The molecule has 4 aromatic rings. The Morgan fingerprint density at radius 1 is 1.19 bits per heavy atom. The number of hydrogen-bond acceptors (Lipinski definition) is 9. The maximum absolute atomic E-state index is 12.8. The van der Waals surface area contributed by atoms with Gasteiger partial charge in [-0.25, -0.2) is 8.42 Å². The molecule has 0 radical (unpaired) electrons. The van der Waals surface area contributed by atoms with Crippen molar-refractivity contribution in [1.82, 2.24) is 14.8 Å². The third-order valence-corrected chi connectivity index (χ3v) is 8.42. The highest BCUT2D eigenvalue weighted by Crippen LogP contribution is 2.25. The van der Waals surface area contributed by atoms with Crippen LogP contribution in [0.5, 0.6) is 11.5 Å². The normalized spacial score (nSPS) is 11.8. The number of carbonyl (C=O) groups excluding carboxylic acids is 1. The van der Waals surface area contributed by atoms with Gasteiger partial charge in [-0.05, 0) is 24.3 Å². The van der Waals surface area contributed by atoms with Gasteiger partial charge in [-0.2, -0.15) is 5.26 Å². The van der Waals surface area contributed by atoms with E-state index in [9.17, 15) is 18.5 Å². The summed E-state index contributed by atoms with van der Waals surface area (Å²) in [5.74, 6) is 0.548. The minimum absolute atomic E-state index is 0.00436. The Kier molecular flexibility index (Phi) is 7.86. The highest BCUT2D eigenvalue weighted by atomic mass is 32.2. The first-order valence-corrected chi connectivity index (χ1v) is 13.7. The predicted molar refractivity (Wildman–Crippen MR) is 140 cm³/mol. The molecule has 0 aliphatic heterocycles. The van der Waals surface area contributed by atoms with E-state index in [4.69, 9.17) is 9.47 Å². The number of aromatic nitrogens is 3. The molecule has 1 amide bonds. The third kappa shape index (κ3) is 5.96. The highest BCUT2D eigenvalue weighted by Gasteiger charge is 2.20. The molecule has 190 valence electrons. The number of carbonyl (C=O) groups is 1. The lowest BCUT2D eigenvalue weighted by Gasteiger charge is -2.09. The van der Waals surface area contributed by atoms with Crippen LogP contribution in [0.1, 0.15) is 12.5 Å². The van der Waals surface area contributed by atoms with Gasteiger partial charge in [-0.1, -0.05) is 42.5 Å². The van der Waals surface area contributed by atoms with E-state index in [0.29, 0.717) is 30.2 Å². The van der Waals surface area contributed by atoms with Gasteiger partial charge in [0.25, 0.3) is 5.91 Å². The molecule has 37 heavy (non-hydrogen) atoms. The second-order valence-electron chi connectivity index (χ2n) is 7.72. The molecule has 0 fully saturated rings. The maximum Gasteiger partial charge on any atom is 0.268 e. The van der Waals surface area contributed by atoms with E-state index in [1.807, 2.05) is 59.3 Å². The summed E-state index contributed by atoms with van der Waals surface area (Å²) in [7, 11) is -1.95. The van der Waals surface area contributed by atoms with E-state index in [2.05, 4.69) is 15.5 Å². The molecule has 2 aromatic carbocycles. The van der Waals surface area contributed by atoms with Gasteiger partial charge >= 0.3 is 0 Å². The van der Waals surface area contributed by atoms with Crippen molar-refractivity contribution in [3.05, 3.63) is 65.9 Å². The van der Waals surface area contributed by atoms with Crippen LogP contribution in [0.25, 0.3) is 17.0 Å². The number of anilines is 1. The molecular weight excluding hydrogens is 514 g/mol. The van der Waals surface area contributed by atoms with Gasteiger partial charge < -0.3 is 14.0 Å². The van der Waals surface area contributed by atoms with Crippen molar-refractivity contribution >= 4 is 49.2 Å². The monoisotopic (exact) mass is 537 g/mol. The molecular formula is C25H23N5O5S2. The van der Waals surface area contributed by atoms with Crippen LogP contribution in [0.3, 0.4) is 0 Å². The molecule has 0 saturated carbocycles. The average Bonchev–Trinajstić information content (AvgIpc) is 3.53. The van der Waals surface area contributed by atoms with E-state index < -0.39 is 15.7 Å². The van der Waals surface area contributed by atoms with Crippen LogP contribution in [0.4, 0.5) is 5.13 Å². The standard InChI is InChI=1S/C25H23N5O5S2/c1-3-37(32,33)25-29-28-24(36-25)27-23(31)17(15-26)13-18-16-30(22-10-5-4-9-21(18)22)11-12-35-20-8-6-7-19(14-20)34-2/h4-10,13-14,16H,3,11-12H2,1-2H3,(H,27,28,31). The van der Waals surface area contributed by atoms with Crippen LogP contribution in [0, 0.1) is 11.3 Å². The van der Waals surface area contributed by atoms with Crippen molar-refractivity contribution in [2.45, 2.75) is 17.8 Å².